The monoisotopic (exact) mass is 309 g/mol. The molecule has 0 saturated heterocycles. The fraction of sp³-hybridized carbons (Fsp3) is 0.263. The average molecular weight is 309 g/mol. The average Bonchev–Trinajstić information content (AvgIpc) is 2.91. The van der Waals surface area contributed by atoms with Gasteiger partial charge in [0.05, 0.1) is 0 Å². The minimum atomic E-state index is -0.771. The van der Waals surface area contributed by atoms with E-state index in [9.17, 15) is 9.59 Å². The van der Waals surface area contributed by atoms with E-state index >= 15 is 0 Å². The molecule has 1 aliphatic rings. The van der Waals surface area contributed by atoms with Crippen molar-refractivity contribution in [3.8, 4) is 11.1 Å². The zero-order valence-corrected chi connectivity index (χ0v) is 12.8. The van der Waals surface area contributed by atoms with E-state index in [-0.39, 0.29) is 19.1 Å². The fourth-order valence-corrected chi connectivity index (χ4v) is 3.13. The second kappa shape index (κ2) is 6.75. The molecule has 4 heteroatoms. The molecule has 4 nitrogen and oxygen atoms in total. The second-order valence-electron chi connectivity index (χ2n) is 5.68. The lowest BCUT2D eigenvalue weighted by Gasteiger charge is -2.16. The lowest BCUT2D eigenvalue weighted by molar-refractivity contribution is -0.150. The third-order valence-corrected chi connectivity index (χ3v) is 4.30. The van der Waals surface area contributed by atoms with Crippen LogP contribution in [-0.2, 0) is 14.3 Å². The van der Waals surface area contributed by atoms with Crippen molar-refractivity contribution in [2.24, 2.45) is 11.7 Å². The topological polar surface area (TPSA) is 69.4 Å². The van der Waals surface area contributed by atoms with Gasteiger partial charge in [0, 0.05) is 5.92 Å². The maximum absolute atomic E-state index is 12.0. The van der Waals surface area contributed by atoms with Gasteiger partial charge in [-0.25, -0.2) is 0 Å². The summed E-state index contributed by atoms with van der Waals surface area (Å²) in [6.07, 6.45) is 0.936. The predicted molar refractivity (Wildman–Crippen MR) is 87.9 cm³/mol. The maximum atomic E-state index is 12.0. The number of hydrogen-bond donors (Lipinski definition) is 1. The molecule has 0 spiro atoms. The van der Waals surface area contributed by atoms with Crippen LogP contribution < -0.4 is 5.73 Å². The number of ether oxygens (including phenoxy) is 1. The van der Waals surface area contributed by atoms with Crippen molar-refractivity contribution in [1.29, 1.82) is 0 Å². The van der Waals surface area contributed by atoms with E-state index < -0.39 is 11.9 Å². The Hall–Kier alpha value is -2.46. The third kappa shape index (κ3) is 2.90. The van der Waals surface area contributed by atoms with Crippen molar-refractivity contribution in [3.63, 3.8) is 0 Å². The molecule has 3 rings (SSSR count). The number of esters is 1. The van der Waals surface area contributed by atoms with E-state index in [1.165, 1.54) is 11.1 Å². The highest BCUT2D eigenvalue weighted by atomic mass is 16.5. The molecule has 2 N–H and O–H groups in total. The standard InChI is InChI=1S/C19H19NO3/c20-10-9-13(11-21)19(22)23-12-18-16-7-3-1-5-14(16)15-6-2-4-8-17(15)18/h1-8,11,13,18H,9-10,12,20H2. The van der Waals surface area contributed by atoms with Gasteiger partial charge in [0.25, 0.3) is 0 Å². The van der Waals surface area contributed by atoms with Crippen molar-refractivity contribution in [2.75, 3.05) is 13.2 Å². The normalized spacial score (nSPS) is 14.0. The second-order valence-corrected chi connectivity index (χ2v) is 5.68. The van der Waals surface area contributed by atoms with E-state index in [0.29, 0.717) is 12.7 Å². The quantitative estimate of drug-likeness (QED) is 0.506. The van der Waals surface area contributed by atoms with E-state index in [4.69, 9.17) is 10.5 Å². The number of rotatable bonds is 6. The molecule has 0 bridgehead atoms. The van der Waals surface area contributed by atoms with Gasteiger partial charge in [-0.1, -0.05) is 48.5 Å². The number of nitrogens with two attached hydrogens (primary N) is 1. The summed E-state index contributed by atoms with van der Waals surface area (Å²) in [6.45, 7) is 0.523. The van der Waals surface area contributed by atoms with Gasteiger partial charge in [-0.05, 0) is 35.2 Å². The molecule has 2 aromatic carbocycles. The van der Waals surface area contributed by atoms with Crippen molar-refractivity contribution in [3.05, 3.63) is 59.7 Å². The van der Waals surface area contributed by atoms with Crippen LogP contribution in [0.15, 0.2) is 48.5 Å². The van der Waals surface area contributed by atoms with Crippen LogP contribution in [0.5, 0.6) is 0 Å². The Bertz CT molecular complexity index is 681. The number of carbonyl (C=O) groups is 2. The van der Waals surface area contributed by atoms with Gasteiger partial charge >= 0.3 is 5.97 Å². The Labute approximate surface area is 135 Å². The predicted octanol–water partition coefficient (Wildman–Crippen LogP) is 2.51. The van der Waals surface area contributed by atoms with Crippen molar-refractivity contribution < 1.29 is 14.3 Å². The number of aldehydes is 1. The Morgan fingerprint density at radius 1 is 1.09 bits per heavy atom. The summed E-state index contributed by atoms with van der Waals surface area (Å²) in [6, 6.07) is 16.3. The molecule has 0 saturated carbocycles. The zero-order valence-electron chi connectivity index (χ0n) is 12.8. The van der Waals surface area contributed by atoms with Crippen molar-refractivity contribution >= 4 is 12.3 Å². The maximum Gasteiger partial charge on any atom is 0.316 e. The first kappa shape index (κ1) is 15.4. The molecule has 0 amide bonds. The molecule has 0 aliphatic heterocycles. The highest BCUT2D eigenvalue weighted by Gasteiger charge is 2.29. The summed E-state index contributed by atoms with van der Waals surface area (Å²) in [4.78, 5) is 23.0. The van der Waals surface area contributed by atoms with Crippen LogP contribution in [0.2, 0.25) is 0 Å². The lowest BCUT2D eigenvalue weighted by atomic mass is 9.98. The van der Waals surface area contributed by atoms with E-state index in [2.05, 4.69) is 24.3 Å². The third-order valence-electron chi connectivity index (χ3n) is 4.30. The summed E-state index contributed by atoms with van der Waals surface area (Å²) in [5.74, 6) is -1.25. The summed E-state index contributed by atoms with van der Waals surface area (Å²) >= 11 is 0. The number of benzene rings is 2. The Kier molecular flexibility index (Phi) is 4.53. The lowest BCUT2D eigenvalue weighted by Crippen LogP contribution is -2.24. The minimum Gasteiger partial charge on any atom is -0.464 e. The molecule has 1 unspecified atom stereocenters. The first-order valence-corrected chi connectivity index (χ1v) is 7.76. The van der Waals surface area contributed by atoms with Crippen LogP contribution >= 0.6 is 0 Å². The molecule has 118 valence electrons. The first-order chi connectivity index (χ1) is 11.3. The van der Waals surface area contributed by atoms with Gasteiger partial charge in [0.2, 0.25) is 0 Å². The van der Waals surface area contributed by atoms with E-state index in [1.54, 1.807) is 0 Å². The Balaban J connectivity index is 1.81. The fourth-order valence-electron chi connectivity index (χ4n) is 3.13. The number of carbonyl (C=O) groups excluding carboxylic acids is 2. The van der Waals surface area contributed by atoms with Crippen molar-refractivity contribution in [2.45, 2.75) is 12.3 Å². The Morgan fingerprint density at radius 2 is 1.65 bits per heavy atom. The zero-order chi connectivity index (χ0) is 16.2. The van der Waals surface area contributed by atoms with Gasteiger partial charge in [-0.3, -0.25) is 4.79 Å². The van der Waals surface area contributed by atoms with Crippen LogP contribution in [0.1, 0.15) is 23.5 Å². The first-order valence-electron chi connectivity index (χ1n) is 7.76. The van der Waals surface area contributed by atoms with Gasteiger partial charge in [-0.15, -0.1) is 0 Å². The smallest absolute Gasteiger partial charge is 0.316 e. The van der Waals surface area contributed by atoms with Crippen LogP contribution in [0.3, 0.4) is 0 Å². The van der Waals surface area contributed by atoms with Crippen molar-refractivity contribution in [1.82, 2.24) is 0 Å². The number of hydrogen-bond acceptors (Lipinski definition) is 4. The SMILES string of the molecule is NCCC(C=O)C(=O)OCC1c2ccccc2-c2ccccc21. The summed E-state index contributed by atoms with van der Waals surface area (Å²) in [5.41, 5.74) is 10.1. The van der Waals surface area contributed by atoms with E-state index in [1.807, 2.05) is 24.3 Å². The summed E-state index contributed by atoms with van der Waals surface area (Å²) < 4.78 is 5.42. The van der Waals surface area contributed by atoms with Crippen LogP contribution in [0.25, 0.3) is 11.1 Å². The molecular weight excluding hydrogens is 290 g/mol. The molecule has 0 aromatic heterocycles. The Morgan fingerprint density at radius 3 is 2.17 bits per heavy atom. The van der Waals surface area contributed by atoms with Gasteiger partial charge in [0.1, 0.15) is 18.8 Å². The highest BCUT2D eigenvalue weighted by Crippen LogP contribution is 2.44. The molecule has 23 heavy (non-hydrogen) atoms. The van der Waals surface area contributed by atoms with Crippen LogP contribution in [-0.4, -0.2) is 25.4 Å². The minimum absolute atomic E-state index is 0.0107. The highest BCUT2D eigenvalue weighted by molar-refractivity contribution is 5.88. The van der Waals surface area contributed by atoms with Crippen LogP contribution in [0, 0.1) is 5.92 Å². The van der Waals surface area contributed by atoms with Gasteiger partial charge < -0.3 is 15.3 Å². The number of fused-ring (bicyclic) bond motifs is 3. The van der Waals surface area contributed by atoms with Gasteiger partial charge in [-0.2, -0.15) is 0 Å². The van der Waals surface area contributed by atoms with Crippen LogP contribution in [0.4, 0.5) is 0 Å². The largest absolute Gasteiger partial charge is 0.464 e. The molecule has 0 radical (unpaired) electrons. The van der Waals surface area contributed by atoms with Gasteiger partial charge in [0.15, 0.2) is 0 Å². The summed E-state index contributed by atoms with van der Waals surface area (Å²) in [5, 5.41) is 0. The molecule has 1 aliphatic carbocycles. The molecular formula is C19H19NO3. The summed E-state index contributed by atoms with van der Waals surface area (Å²) in [7, 11) is 0. The van der Waals surface area contributed by atoms with E-state index in [0.717, 1.165) is 11.1 Å². The molecule has 0 heterocycles. The molecule has 1 atom stereocenters. The molecule has 0 fully saturated rings. The molecule has 2 aromatic rings.